The van der Waals surface area contributed by atoms with Gasteiger partial charge in [0, 0.05) is 5.54 Å². The molecule has 9 heteroatoms. The Morgan fingerprint density at radius 3 is 2.82 bits per heavy atom. The topological polar surface area (TPSA) is 108 Å². The zero-order valence-corrected chi connectivity index (χ0v) is 15.8. The van der Waals surface area contributed by atoms with E-state index in [2.05, 4.69) is 30.9 Å². The lowest BCUT2D eigenvalue weighted by atomic mass is 9.50. The third kappa shape index (κ3) is 2.52. The SMILES string of the molecule is Cc1nnn(C23C[C@@H]4C[C@@H](CC(NCc5nc(-c6ccco6)no5)(C4)C2)C3)n1. The Morgan fingerprint density at radius 1 is 1.25 bits per heavy atom. The molecular weight excluding hydrogens is 358 g/mol. The number of tetrazole rings is 1. The van der Waals surface area contributed by atoms with Gasteiger partial charge in [0.2, 0.25) is 11.7 Å². The first kappa shape index (κ1) is 16.4. The van der Waals surface area contributed by atoms with Crippen LogP contribution in [0, 0.1) is 18.8 Å². The number of nitrogens with one attached hydrogen (secondary N) is 1. The molecule has 4 atom stereocenters. The molecule has 3 heterocycles. The number of nitrogens with zero attached hydrogens (tertiary/aromatic N) is 6. The molecule has 146 valence electrons. The van der Waals surface area contributed by atoms with Crippen LogP contribution in [0.3, 0.4) is 0 Å². The summed E-state index contributed by atoms with van der Waals surface area (Å²) in [7, 11) is 0. The van der Waals surface area contributed by atoms with Gasteiger partial charge in [-0.1, -0.05) is 5.16 Å². The minimum Gasteiger partial charge on any atom is -0.461 e. The third-order valence-corrected chi connectivity index (χ3v) is 6.79. The molecule has 4 bridgehead atoms. The van der Waals surface area contributed by atoms with Crippen LogP contribution in [0.5, 0.6) is 0 Å². The largest absolute Gasteiger partial charge is 0.461 e. The average molecular weight is 381 g/mol. The van der Waals surface area contributed by atoms with Gasteiger partial charge >= 0.3 is 0 Å². The monoisotopic (exact) mass is 381 g/mol. The van der Waals surface area contributed by atoms with Crippen molar-refractivity contribution in [3.8, 4) is 11.6 Å². The molecule has 1 N–H and O–H groups in total. The van der Waals surface area contributed by atoms with Crippen LogP contribution >= 0.6 is 0 Å². The predicted molar refractivity (Wildman–Crippen MR) is 96.8 cm³/mol. The van der Waals surface area contributed by atoms with Crippen molar-refractivity contribution in [1.29, 1.82) is 0 Å². The van der Waals surface area contributed by atoms with E-state index >= 15 is 0 Å². The fourth-order valence-electron chi connectivity index (χ4n) is 6.24. The highest BCUT2D eigenvalue weighted by atomic mass is 16.5. The Kier molecular flexibility index (Phi) is 3.36. The standard InChI is InChI=1S/C19H23N7O2/c1-12-22-25-26(23-12)19-8-13-5-14(9-19)7-18(6-13,11-19)20-10-16-21-17(24-28-16)15-3-2-4-27-15/h2-4,13-14,20H,5-11H2,1H3/t13-,14+,18?,19?. The molecule has 0 radical (unpaired) electrons. The van der Waals surface area contributed by atoms with Crippen LogP contribution in [0.1, 0.15) is 50.2 Å². The number of aryl methyl sites for hydroxylation is 1. The molecule has 0 aromatic carbocycles. The van der Waals surface area contributed by atoms with E-state index in [0.717, 1.165) is 25.1 Å². The van der Waals surface area contributed by atoms with Gasteiger partial charge in [-0.15, -0.1) is 10.2 Å². The minimum atomic E-state index is -0.00743. The van der Waals surface area contributed by atoms with Crippen LogP contribution in [-0.4, -0.2) is 35.9 Å². The normalized spacial score (nSPS) is 33.6. The molecule has 3 aromatic heterocycles. The van der Waals surface area contributed by atoms with Gasteiger partial charge in [0.05, 0.1) is 18.3 Å². The first-order chi connectivity index (χ1) is 13.6. The molecule has 4 fully saturated rings. The molecular formula is C19H23N7O2. The second-order valence-corrected chi connectivity index (χ2v) is 8.93. The van der Waals surface area contributed by atoms with Gasteiger partial charge in [0.25, 0.3) is 0 Å². The van der Waals surface area contributed by atoms with Crippen molar-refractivity contribution in [2.45, 2.75) is 63.1 Å². The summed E-state index contributed by atoms with van der Waals surface area (Å²) in [6.45, 7) is 2.47. The van der Waals surface area contributed by atoms with Crippen molar-refractivity contribution in [3.05, 3.63) is 30.1 Å². The lowest BCUT2D eigenvalue weighted by Crippen LogP contribution is -2.65. The Labute approximate surface area is 161 Å². The van der Waals surface area contributed by atoms with Crippen LogP contribution in [0.15, 0.2) is 27.3 Å². The molecule has 0 aliphatic heterocycles. The number of furan rings is 1. The number of aromatic nitrogens is 6. The van der Waals surface area contributed by atoms with Crippen LogP contribution in [0.25, 0.3) is 11.6 Å². The van der Waals surface area contributed by atoms with Crippen LogP contribution in [0.4, 0.5) is 0 Å². The maximum Gasteiger partial charge on any atom is 0.241 e. The van der Waals surface area contributed by atoms with E-state index in [4.69, 9.17) is 8.94 Å². The van der Waals surface area contributed by atoms with Gasteiger partial charge in [-0.3, -0.25) is 0 Å². The van der Waals surface area contributed by atoms with Gasteiger partial charge in [0.15, 0.2) is 11.6 Å². The van der Waals surface area contributed by atoms with Crippen molar-refractivity contribution >= 4 is 0 Å². The third-order valence-electron chi connectivity index (χ3n) is 6.79. The van der Waals surface area contributed by atoms with Crippen molar-refractivity contribution in [1.82, 2.24) is 35.7 Å². The Balaban J connectivity index is 1.24. The lowest BCUT2D eigenvalue weighted by Gasteiger charge is -2.61. The van der Waals surface area contributed by atoms with E-state index in [1.54, 1.807) is 6.26 Å². The average Bonchev–Trinajstić information content (AvgIpc) is 3.40. The number of rotatable bonds is 5. The predicted octanol–water partition coefficient (Wildman–Crippen LogP) is 2.46. The first-order valence-corrected chi connectivity index (χ1v) is 10.0. The van der Waals surface area contributed by atoms with Crippen molar-refractivity contribution < 1.29 is 8.94 Å². The summed E-state index contributed by atoms with van der Waals surface area (Å²) in [5.41, 5.74) is 0.0669. The fourth-order valence-corrected chi connectivity index (χ4v) is 6.24. The van der Waals surface area contributed by atoms with Gasteiger partial charge < -0.3 is 14.3 Å². The zero-order chi connectivity index (χ0) is 18.8. The highest BCUT2D eigenvalue weighted by Gasteiger charge is 2.59. The van der Waals surface area contributed by atoms with Crippen molar-refractivity contribution in [2.75, 3.05) is 0 Å². The summed E-state index contributed by atoms with van der Waals surface area (Å²) in [5, 5.41) is 20.9. The molecule has 0 saturated heterocycles. The second-order valence-electron chi connectivity index (χ2n) is 8.93. The number of hydrogen-bond acceptors (Lipinski definition) is 8. The van der Waals surface area contributed by atoms with Gasteiger partial charge in [-0.05, 0) is 74.6 Å². The van der Waals surface area contributed by atoms with E-state index < -0.39 is 0 Å². The van der Waals surface area contributed by atoms with Crippen LogP contribution in [-0.2, 0) is 12.1 Å². The van der Waals surface area contributed by atoms with E-state index in [1.165, 1.54) is 19.3 Å². The summed E-state index contributed by atoms with van der Waals surface area (Å²) in [5.74, 6) is 3.87. The molecule has 28 heavy (non-hydrogen) atoms. The second kappa shape index (κ2) is 5.73. The molecule has 7 rings (SSSR count). The van der Waals surface area contributed by atoms with Gasteiger partial charge in [0.1, 0.15) is 0 Å². The fraction of sp³-hybridized carbons (Fsp3) is 0.632. The van der Waals surface area contributed by atoms with Crippen molar-refractivity contribution in [3.63, 3.8) is 0 Å². The summed E-state index contributed by atoms with van der Waals surface area (Å²) in [4.78, 5) is 6.39. The maximum atomic E-state index is 5.44. The van der Waals surface area contributed by atoms with Crippen LogP contribution in [0.2, 0.25) is 0 Å². The maximum absolute atomic E-state index is 5.44. The molecule has 4 aliphatic rings. The summed E-state index contributed by atoms with van der Waals surface area (Å²) in [6.07, 6.45) is 8.66. The van der Waals surface area contributed by atoms with Crippen LogP contribution < -0.4 is 5.32 Å². The van der Waals surface area contributed by atoms with E-state index in [-0.39, 0.29) is 11.1 Å². The van der Waals surface area contributed by atoms with E-state index in [0.29, 0.717) is 35.9 Å². The molecule has 4 aliphatic carbocycles. The summed E-state index contributed by atoms with van der Waals surface area (Å²) >= 11 is 0. The summed E-state index contributed by atoms with van der Waals surface area (Å²) in [6, 6.07) is 3.65. The zero-order valence-electron chi connectivity index (χ0n) is 15.8. The molecule has 0 amide bonds. The van der Waals surface area contributed by atoms with Gasteiger partial charge in [-0.2, -0.15) is 9.78 Å². The highest BCUT2D eigenvalue weighted by molar-refractivity contribution is 5.44. The summed E-state index contributed by atoms with van der Waals surface area (Å²) < 4.78 is 10.8. The molecule has 0 spiro atoms. The number of hydrogen-bond donors (Lipinski definition) is 1. The molecule has 9 nitrogen and oxygen atoms in total. The Hall–Kier alpha value is -2.55. The Bertz CT molecular complexity index is 978. The van der Waals surface area contributed by atoms with Gasteiger partial charge in [-0.25, -0.2) is 0 Å². The quantitative estimate of drug-likeness (QED) is 0.718. The molecule has 2 unspecified atom stereocenters. The van der Waals surface area contributed by atoms with E-state index in [1.807, 2.05) is 23.9 Å². The molecule has 3 aromatic rings. The highest BCUT2D eigenvalue weighted by Crippen LogP contribution is 2.60. The lowest BCUT2D eigenvalue weighted by molar-refractivity contribution is -0.0860. The first-order valence-electron chi connectivity index (χ1n) is 10.0. The van der Waals surface area contributed by atoms with Crippen molar-refractivity contribution in [2.24, 2.45) is 11.8 Å². The Morgan fingerprint density at radius 2 is 2.11 bits per heavy atom. The van der Waals surface area contributed by atoms with E-state index in [9.17, 15) is 0 Å². The molecule has 4 saturated carbocycles. The minimum absolute atomic E-state index is 0.00743. The smallest absolute Gasteiger partial charge is 0.241 e.